The van der Waals surface area contributed by atoms with Gasteiger partial charge < -0.3 is 54.2 Å². The lowest BCUT2D eigenvalue weighted by Gasteiger charge is -2.50. The fraction of sp³-hybridized carbons (Fsp3) is 0.826. The monoisotopic (exact) mass is 960 g/mol. The summed E-state index contributed by atoms with van der Waals surface area (Å²) in [5, 5.41) is 61.5. The lowest BCUT2D eigenvalue weighted by Crippen LogP contribution is -2.61. The number of aliphatic hydroxyl groups excluding tert-OH is 3. The van der Waals surface area contributed by atoms with Crippen LogP contribution < -0.4 is 0 Å². The van der Waals surface area contributed by atoms with Gasteiger partial charge in [0.25, 0.3) is 0 Å². The molecule has 60 heavy (non-hydrogen) atoms. The molecule has 1 heterocycles. The summed E-state index contributed by atoms with van der Waals surface area (Å²) in [4.78, 5) is 16.7. The van der Waals surface area contributed by atoms with Gasteiger partial charge in [0.1, 0.15) is 11.9 Å². The Labute approximate surface area is 373 Å². The van der Waals surface area contributed by atoms with Gasteiger partial charge in [-0.1, -0.05) is 65.3 Å². The van der Waals surface area contributed by atoms with Gasteiger partial charge in [0.15, 0.2) is 6.29 Å². The molecule has 0 bridgehead atoms. The van der Waals surface area contributed by atoms with Crippen LogP contribution in [-0.4, -0.2) is 135 Å². The Balaban J connectivity index is 1.97. The summed E-state index contributed by atoms with van der Waals surface area (Å²) in [6.07, 6.45) is -4.52. The van der Waals surface area contributed by atoms with Crippen LogP contribution in [0.3, 0.4) is 0 Å². The van der Waals surface area contributed by atoms with Crippen molar-refractivity contribution in [3.05, 3.63) is 33.4 Å². The number of likely N-dealkylation sites (N-methyl/N-ethyl adjacent to an activating group) is 1. The first-order valence-corrected chi connectivity index (χ1v) is 23.1. The van der Waals surface area contributed by atoms with Crippen LogP contribution in [0.15, 0.2) is 29.4 Å². The largest absolute Gasteiger partial charge is 0.411 e. The predicted octanol–water partition coefficient (Wildman–Crippen LogP) is 6.20. The number of nitrogens with zero attached hydrogens (tertiary/aromatic N) is 2. The lowest BCUT2D eigenvalue weighted by atomic mass is 9.69. The number of aliphatic hydroxyl groups is 4. The van der Waals surface area contributed by atoms with E-state index in [1.54, 1.807) is 21.0 Å². The minimum Gasteiger partial charge on any atom is -0.411 e. The third kappa shape index (κ3) is 11.5. The van der Waals surface area contributed by atoms with Gasteiger partial charge in [0.2, 0.25) is 0 Å². The third-order valence-corrected chi connectivity index (χ3v) is 15.2. The van der Waals surface area contributed by atoms with E-state index in [-0.39, 0.29) is 49.0 Å². The first-order valence-electron chi connectivity index (χ1n) is 22.0. The molecule has 0 radical (unpaired) electrons. The van der Waals surface area contributed by atoms with Crippen molar-refractivity contribution < 1.29 is 54.1 Å². The number of benzene rings is 1. The van der Waals surface area contributed by atoms with E-state index in [4.69, 9.17) is 23.7 Å². The summed E-state index contributed by atoms with van der Waals surface area (Å²) >= 11 is 2.27. The second kappa shape index (κ2) is 21.1. The normalized spacial score (nSPS) is 44.8. The summed E-state index contributed by atoms with van der Waals surface area (Å²) in [6, 6.07) is 7.72. The Bertz CT molecular complexity index is 1580. The first kappa shape index (κ1) is 51.3. The first-order chi connectivity index (χ1) is 27.9. The second-order valence-corrected chi connectivity index (χ2v) is 20.7. The van der Waals surface area contributed by atoms with Crippen LogP contribution in [0.1, 0.15) is 113 Å². The molecule has 0 amide bonds. The highest BCUT2D eigenvalue weighted by Crippen LogP contribution is 2.44. The summed E-state index contributed by atoms with van der Waals surface area (Å²) in [7, 11) is 5.43. The molecule has 4 rings (SSSR count). The molecule has 2 saturated carbocycles. The third-order valence-electron chi connectivity index (χ3n) is 14.5. The van der Waals surface area contributed by atoms with E-state index in [1.165, 1.54) is 0 Å². The average Bonchev–Trinajstić information content (AvgIpc) is 3.19. The Morgan fingerprint density at radius 3 is 2.20 bits per heavy atom. The molecule has 344 valence electrons. The van der Waals surface area contributed by atoms with E-state index in [1.807, 2.05) is 98.7 Å². The summed E-state index contributed by atoms with van der Waals surface area (Å²) < 4.78 is 34.8. The van der Waals surface area contributed by atoms with Gasteiger partial charge >= 0.3 is 0 Å². The number of ether oxygens (including phenoxy) is 5. The minimum atomic E-state index is -1.72. The number of carbonyl (C=O) groups is 1. The number of halogens is 1. The summed E-state index contributed by atoms with van der Waals surface area (Å²) in [6.45, 7) is 18.8. The van der Waals surface area contributed by atoms with E-state index in [0.717, 1.165) is 9.13 Å². The molecular formula is C46H77IN2O11. The second-order valence-electron chi connectivity index (χ2n) is 19.5. The van der Waals surface area contributed by atoms with Gasteiger partial charge in [-0.05, 0) is 113 Å². The molecule has 1 aliphatic heterocycles. The number of carbonyl (C=O) groups excluding carboxylic acids is 1. The maximum absolute atomic E-state index is 14.8. The number of methoxy groups -OCH3 is 1. The van der Waals surface area contributed by atoms with Crippen LogP contribution in [0, 0.1) is 39.1 Å². The molecule has 0 aromatic heterocycles. The highest BCUT2D eigenvalue weighted by Gasteiger charge is 2.53. The highest BCUT2D eigenvalue weighted by molar-refractivity contribution is 14.1. The van der Waals surface area contributed by atoms with Crippen molar-refractivity contribution in [3.63, 3.8) is 0 Å². The molecule has 5 N–H and O–H groups in total. The van der Waals surface area contributed by atoms with Crippen molar-refractivity contribution in [3.8, 4) is 0 Å². The van der Waals surface area contributed by atoms with Gasteiger partial charge in [-0.2, -0.15) is 0 Å². The molecule has 1 aromatic carbocycles. The van der Waals surface area contributed by atoms with Crippen LogP contribution in [0.25, 0.3) is 0 Å². The van der Waals surface area contributed by atoms with E-state index >= 15 is 0 Å². The molecule has 2 aliphatic carbocycles. The lowest BCUT2D eigenvalue weighted by molar-refractivity contribution is -0.307. The summed E-state index contributed by atoms with van der Waals surface area (Å²) in [5.74, 6) is -3.62. The van der Waals surface area contributed by atoms with Crippen LogP contribution in [0.2, 0.25) is 0 Å². The van der Waals surface area contributed by atoms with Gasteiger partial charge in [-0.25, -0.2) is 0 Å². The number of rotatable bonds is 10. The van der Waals surface area contributed by atoms with E-state index in [2.05, 4.69) is 27.7 Å². The Hall–Kier alpha value is -1.31. The molecule has 0 spiro atoms. The van der Waals surface area contributed by atoms with Crippen molar-refractivity contribution in [2.75, 3.05) is 21.2 Å². The molecule has 0 unspecified atom stereocenters. The van der Waals surface area contributed by atoms with Crippen LogP contribution >= 0.6 is 22.6 Å². The zero-order chi connectivity index (χ0) is 45.1. The van der Waals surface area contributed by atoms with E-state index < -0.39 is 89.3 Å². The molecule has 3 fully saturated rings. The van der Waals surface area contributed by atoms with Crippen LogP contribution in [0.5, 0.6) is 0 Å². The number of Topliss-reactive ketones (excluding diaryl/α,β-unsaturated/α-hetero) is 1. The Morgan fingerprint density at radius 2 is 1.62 bits per heavy atom. The van der Waals surface area contributed by atoms with E-state index in [9.17, 15) is 30.4 Å². The number of hydrogen-bond donors (Lipinski definition) is 5. The molecular weight excluding hydrogens is 883 g/mol. The number of ketones is 1. The SMILES string of the molecule is CC[C@@H]1CC(=O)[C@H](C)[C@@H](O[C@@H]2C[C@@H](C)[C@H](O)[C@](C)(OC)C2)[C@H](C)[C@@H](O[C@@H]2O[C@H](C)C[C@H](N(C)C)[C@H]2O)[C@@](C)(OCc2cccc(I)c2)C[C@@H](C)/C(=N\O)[C@@H](C)[C@@H](O)[C@]1(C)O. The van der Waals surface area contributed by atoms with Crippen molar-refractivity contribution >= 4 is 34.1 Å². The van der Waals surface area contributed by atoms with Gasteiger partial charge in [0.05, 0.1) is 65.7 Å². The fourth-order valence-corrected chi connectivity index (χ4v) is 11.2. The topological polar surface area (TPSA) is 180 Å². The quantitative estimate of drug-likeness (QED) is 0.102. The smallest absolute Gasteiger partial charge is 0.185 e. The van der Waals surface area contributed by atoms with E-state index in [0.29, 0.717) is 25.7 Å². The Morgan fingerprint density at radius 1 is 0.950 bits per heavy atom. The molecule has 3 aliphatic rings. The molecule has 1 saturated heterocycles. The van der Waals surface area contributed by atoms with Crippen molar-refractivity contribution in [1.82, 2.24) is 4.90 Å². The highest BCUT2D eigenvalue weighted by atomic mass is 127. The van der Waals surface area contributed by atoms with Crippen LogP contribution in [-0.2, 0) is 35.1 Å². The predicted molar refractivity (Wildman–Crippen MR) is 239 cm³/mol. The average molecular weight is 961 g/mol. The van der Waals surface area contributed by atoms with Gasteiger partial charge in [-0.15, -0.1) is 0 Å². The fourth-order valence-electron chi connectivity index (χ4n) is 10.6. The summed E-state index contributed by atoms with van der Waals surface area (Å²) in [5.41, 5.74) is -2.67. The van der Waals surface area contributed by atoms with Gasteiger partial charge in [0, 0.05) is 53.2 Å². The maximum atomic E-state index is 14.8. The molecule has 18 atom stereocenters. The number of hydrogen-bond acceptors (Lipinski definition) is 13. The van der Waals surface area contributed by atoms with Crippen molar-refractivity contribution in [1.29, 1.82) is 0 Å². The molecule has 13 nitrogen and oxygen atoms in total. The van der Waals surface area contributed by atoms with Crippen molar-refractivity contribution in [2.45, 2.75) is 186 Å². The zero-order valence-electron chi connectivity index (χ0n) is 38.4. The van der Waals surface area contributed by atoms with Crippen LogP contribution in [0.4, 0.5) is 0 Å². The van der Waals surface area contributed by atoms with Gasteiger partial charge in [-0.3, -0.25) is 4.79 Å². The van der Waals surface area contributed by atoms with Crippen molar-refractivity contribution in [2.24, 2.45) is 40.7 Å². The molecule has 1 aromatic rings. The number of oxime groups is 1. The Kier molecular flexibility index (Phi) is 18.1. The zero-order valence-corrected chi connectivity index (χ0v) is 40.5. The standard InChI is InChI=1S/C46H77IN2O11/c1-14-32-21-36(50)28(5)39(59-34-18-25(2)40(52)44(8,23-34)56-13)30(7)42(60-43-38(51)35(49(11)12)19-27(4)58-43)45(9,57-24-31-16-15-17-33(47)20-31)22-26(3)37(48-55)29(6)41(53)46(32,10)54/h15-17,20,25-30,32,34-35,38-43,51-55H,14,18-19,21-24H2,1-13H3/b48-37+/t25-,26-,27-,28+,29-,30+,32-,34-,35+,38-,39-,40+,41-,42-,43+,44-,45+,46-/m1/s1. The minimum absolute atomic E-state index is 0.0455. The molecule has 14 heteroatoms. The maximum Gasteiger partial charge on any atom is 0.185 e.